The van der Waals surface area contributed by atoms with Crippen molar-refractivity contribution in [3.05, 3.63) is 36.4 Å². The van der Waals surface area contributed by atoms with Gasteiger partial charge in [0, 0.05) is 0 Å². The molecule has 0 bridgehead atoms. The lowest BCUT2D eigenvalue weighted by atomic mass is 10.0. The van der Waals surface area contributed by atoms with Crippen LogP contribution in [0.3, 0.4) is 0 Å². The molecule has 0 spiro atoms. The topological polar surface area (TPSA) is 80.7 Å². The van der Waals surface area contributed by atoms with Crippen LogP contribution >= 0.6 is 0 Å². The fourth-order valence-corrected chi connectivity index (χ4v) is 3.73. The second-order valence-electron chi connectivity index (χ2n) is 7.77. The highest BCUT2D eigenvalue weighted by Crippen LogP contribution is 2.16. The summed E-state index contributed by atoms with van der Waals surface area (Å²) in [4.78, 5) is 11.6. The highest BCUT2D eigenvalue weighted by molar-refractivity contribution is 7.85. The van der Waals surface area contributed by atoms with E-state index in [1.807, 2.05) is 12.2 Å². The van der Waals surface area contributed by atoms with Crippen LogP contribution in [-0.2, 0) is 14.9 Å². The van der Waals surface area contributed by atoms with Crippen LogP contribution in [0.1, 0.15) is 96.8 Å². The molecule has 0 aliphatic carbocycles. The van der Waals surface area contributed by atoms with E-state index in [4.69, 9.17) is 9.29 Å². The van der Waals surface area contributed by atoms with E-state index in [2.05, 4.69) is 6.92 Å². The molecule has 30 heavy (non-hydrogen) atoms. The summed E-state index contributed by atoms with van der Waals surface area (Å²) < 4.78 is 36.0. The van der Waals surface area contributed by atoms with Crippen LogP contribution in [0.5, 0.6) is 5.75 Å². The Balaban J connectivity index is 1.99. The van der Waals surface area contributed by atoms with Gasteiger partial charge in [-0.3, -0.25) is 9.35 Å². The summed E-state index contributed by atoms with van der Waals surface area (Å²) in [6.07, 6.45) is 20.9. The van der Waals surface area contributed by atoms with E-state index in [1.165, 1.54) is 94.9 Å². The van der Waals surface area contributed by atoms with Gasteiger partial charge < -0.3 is 4.74 Å². The molecular formula is C24H38O5S. The highest BCUT2D eigenvalue weighted by Gasteiger charge is 2.09. The van der Waals surface area contributed by atoms with Crippen LogP contribution in [0.15, 0.2) is 41.3 Å². The molecule has 1 rings (SSSR count). The molecule has 0 unspecified atom stereocenters. The maximum Gasteiger partial charge on any atom is 0.315 e. The lowest BCUT2D eigenvalue weighted by Crippen LogP contribution is -2.06. The van der Waals surface area contributed by atoms with Gasteiger partial charge in [0.05, 0.1) is 11.3 Å². The van der Waals surface area contributed by atoms with Gasteiger partial charge in [0.15, 0.2) is 0 Å². The quantitative estimate of drug-likeness (QED) is 0.0943. The standard InChI is InChI=1S/C24H38O5S/c1-2-3-4-5-6-7-8-9-10-11-12-13-14-15-16-17-24(25)29-22-18-20-23(21-19-22)30(26,27)28/h15-16,18-21H,2-14,17H2,1H3,(H,26,27,28). The van der Waals surface area contributed by atoms with Crippen LogP contribution in [0.2, 0.25) is 0 Å². The van der Waals surface area contributed by atoms with Gasteiger partial charge in [-0.1, -0.05) is 89.7 Å². The Kier molecular flexibility index (Phi) is 14.1. The van der Waals surface area contributed by atoms with E-state index in [1.54, 1.807) is 0 Å². The molecule has 0 saturated carbocycles. The molecule has 0 heterocycles. The van der Waals surface area contributed by atoms with Crippen LogP contribution < -0.4 is 4.74 Å². The minimum absolute atomic E-state index is 0.179. The van der Waals surface area contributed by atoms with Crippen molar-refractivity contribution in [2.24, 2.45) is 0 Å². The molecule has 0 aliphatic rings. The fourth-order valence-electron chi connectivity index (χ4n) is 3.25. The fraction of sp³-hybridized carbons (Fsp3) is 0.625. The number of ether oxygens (including phenoxy) is 1. The van der Waals surface area contributed by atoms with Crippen molar-refractivity contribution in [2.45, 2.75) is 102 Å². The zero-order valence-corrected chi connectivity index (χ0v) is 19.2. The number of allylic oxidation sites excluding steroid dienone is 1. The van der Waals surface area contributed by atoms with Crippen molar-refractivity contribution >= 4 is 16.1 Å². The summed E-state index contributed by atoms with van der Waals surface area (Å²) in [5, 5.41) is 0. The number of carbonyl (C=O) groups excluding carboxylic acids is 1. The minimum Gasteiger partial charge on any atom is -0.426 e. The van der Waals surface area contributed by atoms with E-state index in [0.29, 0.717) is 0 Å². The van der Waals surface area contributed by atoms with E-state index in [0.717, 1.165) is 12.8 Å². The Morgan fingerprint density at radius 3 is 1.83 bits per heavy atom. The van der Waals surface area contributed by atoms with Crippen LogP contribution in [0.4, 0.5) is 0 Å². The van der Waals surface area contributed by atoms with Gasteiger partial charge in [0.1, 0.15) is 5.75 Å². The van der Waals surface area contributed by atoms with Gasteiger partial charge in [-0.25, -0.2) is 0 Å². The van der Waals surface area contributed by atoms with Crippen LogP contribution in [-0.4, -0.2) is 18.9 Å². The summed E-state index contributed by atoms with van der Waals surface area (Å²) in [6, 6.07) is 5.08. The summed E-state index contributed by atoms with van der Waals surface area (Å²) in [5.41, 5.74) is 0. The number of esters is 1. The molecule has 1 aromatic rings. The van der Waals surface area contributed by atoms with Crippen molar-refractivity contribution in [3.8, 4) is 5.75 Å². The molecule has 1 aromatic carbocycles. The monoisotopic (exact) mass is 438 g/mol. The molecular weight excluding hydrogens is 400 g/mol. The Labute approximate surface area is 182 Å². The molecule has 6 heteroatoms. The smallest absolute Gasteiger partial charge is 0.315 e. The molecule has 0 aromatic heterocycles. The second kappa shape index (κ2) is 16.1. The third kappa shape index (κ3) is 13.5. The Hall–Kier alpha value is -1.66. The lowest BCUT2D eigenvalue weighted by molar-refractivity contribution is -0.133. The minimum atomic E-state index is -4.24. The normalized spacial score (nSPS) is 11.8. The molecule has 0 atom stereocenters. The number of carbonyl (C=O) groups is 1. The summed E-state index contributed by atoms with van der Waals surface area (Å²) in [5.74, 6) is -0.151. The van der Waals surface area contributed by atoms with Gasteiger partial charge in [-0.15, -0.1) is 0 Å². The van der Waals surface area contributed by atoms with Gasteiger partial charge in [-0.2, -0.15) is 8.42 Å². The van der Waals surface area contributed by atoms with E-state index < -0.39 is 16.1 Å². The van der Waals surface area contributed by atoms with Crippen molar-refractivity contribution in [2.75, 3.05) is 0 Å². The zero-order chi connectivity index (χ0) is 22.1. The molecule has 0 fully saturated rings. The first-order valence-electron chi connectivity index (χ1n) is 11.4. The van der Waals surface area contributed by atoms with Crippen LogP contribution in [0, 0.1) is 0 Å². The molecule has 0 saturated heterocycles. The number of rotatable bonds is 17. The first-order chi connectivity index (χ1) is 14.4. The predicted molar refractivity (Wildman–Crippen MR) is 121 cm³/mol. The second-order valence-corrected chi connectivity index (χ2v) is 9.20. The highest BCUT2D eigenvalue weighted by atomic mass is 32.2. The Morgan fingerprint density at radius 2 is 1.33 bits per heavy atom. The maximum absolute atomic E-state index is 11.8. The van der Waals surface area contributed by atoms with Crippen molar-refractivity contribution in [3.63, 3.8) is 0 Å². The van der Waals surface area contributed by atoms with E-state index in [-0.39, 0.29) is 17.1 Å². The molecule has 0 amide bonds. The summed E-state index contributed by atoms with van der Waals surface area (Å²) >= 11 is 0. The first kappa shape index (κ1) is 26.4. The number of hydrogen-bond acceptors (Lipinski definition) is 4. The first-order valence-corrected chi connectivity index (χ1v) is 12.8. The van der Waals surface area contributed by atoms with Crippen molar-refractivity contribution < 1.29 is 22.5 Å². The molecule has 0 aliphatic heterocycles. The van der Waals surface area contributed by atoms with Crippen molar-refractivity contribution in [1.82, 2.24) is 0 Å². The third-order valence-electron chi connectivity index (χ3n) is 5.03. The Bertz CT molecular complexity index is 708. The van der Waals surface area contributed by atoms with Gasteiger partial charge >= 0.3 is 5.97 Å². The Morgan fingerprint density at radius 1 is 0.833 bits per heavy atom. The average Bonchev–Trinajstić information content (AvgIpc) is 2.70. The number of hydrogen-bond donors (Lipinski definition) is 1. The summed E-state index contributed by atoms with van der Waals surface area (Å²) in [7, 11) is -4.24. The average molecular weight is 439 g/mol. The third-order valence-corrected chi connectivity index (χ3v) is 5.90. The van der Waals surface area contributed by atoms with Gasteiger partial charge in [-0.05, 0) is 37.1 Å². The van der Waals surface area contributed by atoms with E-state index in [9.17, 15) is 13.2 Å². The van der Waals surface area contributed by atoms with Gasteiger partial charge in [0.2, 0.25) is 0 Å². The summed E-state index contributed by atoms with van der Waals surface area (Å²) in [6.45, 7) is 2.25. The molecule has 170 valence electrons. The largest absolute Gasteiger partial charge is 0.426 e. The van der Waals surface area contributed by atoms with Crippen LogP contribution in [0.25, 0.3) is 0 Å². The molecule has 0 radical (unpaired) electrons. The maximum atomic E-state index is 11.8. The lowest BCUT2D eigenvalue weighted by Gasteiger charge is -2.03. The number of benzene rings is 1. The molecule has 5 nitrogen and oxygen atoms in total. The van der Waals surface area contributed by atoms with Gasteiger partial charge in [0.25, 0.3) is 10.1 Å². The SMILES string of the molecule is CCCCCCCCCCCCCCC=CCC(=O)Oc1ccc(S(=O)(=O)O)cc1. The zero-order valence-electron chi connectivity index (χ0n) is 18.4. The van der Waals surface area contributed by atoms with E-state index >= 15 is 0 Å². The predicted octanol–water partition coefficient (Wildman–Crippen LogP) is 6.88. The number of unbranched alkanes of at least 4 members (excludes halogenated alkanes) is 12. The molecule has 1 N–H and O–H groups in total. The van der Waals surface area contributed by atoms with Crippen molar-refractivity contribution in [1.29, 1.82) is 0 Å².